The van der Waals surface area contributed by atoms with Gasteiger partial charge in [0.1, 0.15) is 0 Å². The minimum absolute atomic E-state index is 0.0247. The summed E-state index contributed by atoms with van der Waals surface area (Å²) in [5.74, 6) is 1.33. The number of nitrogens with one attached hydrogen (secondary N) is 1. The molecule has 1 heterocycles. The lowest BCUT2D eigenvalue weighted by molar-refractivity contribution is -0.118. The molecule has 0 unspecified atom stereocenters. The van der Waals surface area contributed by atoms with Crippen molar-refractivity contribution < 1.29 is 4.79 Å². The summed E-state index contributed by atoms with van der Waals surface area (Å²) >= 11 is 1.39. The molecule has 1 aromatic heterocycles. The Morgan fingerprint density at radius 3 is 2.78 bits per heavy atom. The normalized spacial score (nSPS) is 25.5. The van der Waals surface area contributed by atoms with Crippen LogP contribution in [0.1, 0.15) is 52.0 Å². The highest BCUT2D eigenvalue weighted by Crippen LogP contribution is 2.38. The topological polar surface area (TPSA) is 64.0 Å². The Balaban J connectivity index is 1.70. The van der Waals surface area contributed by atoms with Crippen LogP contribution in [-0.4, -0.2) is 27.3 Å². The number of thioether (sulfide) groups is 1. The van der Waals surface area contributed by atoms with E-state index in [2.05, 4.69) is 19.2 Å². The van der Waals surface area contributed by atoms with Crippen molar-refractivity contribution in [3.8, 4) is 0 Å². The Bertz CT molecular complexity index is 906. The van der Waals surface area contributed by atoms with E-state index in [1.807, 2.05) is 28.8 Å². The number of fused-ring (bicyclic) bond motifs is 1. The zero-order chi connectivity index (χ0) is 19.0. The minimum atomic E-state index is 0.0247. The zero-order valence-corrected chi connectivity index (χ0v) is 16.8. The van der Waals surface area contributed by atoms with Crippen LogP contribution in [0.5, 0.6) is 0 Å². The molecule has 27 heavy (non-hydrogen) atoms. The van der Waals surface area contributed by atoms with Crippen LogP contribution < -0.4 is 10.9 Å². The predicted octanol–water partition coefficient (Wildman–Crippen LogP) is 3.76. The van der Waals surface area contributed by atoms with Crippen LogP contribution in [0.15, 0.2) is 34.2 Å². The lowest BCUT2D eigenvalue weighted by atomic mass is 9.78. The molecule has 4 rings (SSSR count). The Morgan fingerprint density at radius 1 is 1.22 bits per heavy atom. The Morgan fingerprint density at radius 2 is 2.00 bits per heavy atom. The highest BCUT2D eigenvalue weighted by Gasteiger charge is 2.31. The lowest BCUT2D eigenvalue weighted by Crippen LogP contribution is -2.35. The van der Waals surface area contributed by atoms with Gasteiger partial charge in [0.25, 0.3) is 5.56 Å². The van der Waals surface area contributed by atoms with Gasteiger partial charge < -0.3 is 5.32 Å². The monoisotopic (exact) mass is 385 g/mol. The fourth-order valence-electron chi connectivity index (χ4n) is 4.07. The second-order valence-corrected chi connectivity index (χ2v) is 8.99. The number of aromatic nitrogens is 2. The van der Waals surface area contributed by atoms with E-state index < -0.39 is 0 Å². The summed E-state index contributed by atoms with van der Waals surface area (Å²) in [6.45, 7) is 4.51. The molecule has 2 fully saturated rings. The Hall–Kier alpha value is -1.82. The van der Waals surface area contributed by atoms with Crippen LogP contribution in [-0.2, 0) is 4.79 Å². The van der Waals surface area contributed by atoms with Gasteiger partial charge >= 0.3 is 0 Å². The van der Waals surface area contributed by atoms with E-state index in [9.17, 15) is 9.59 Å². The fraction of sp³-hybridized carbons (Fsp3) is 0.571. The van der Waals surface area contributed by atoms with Crippen molar-refractivity contribution in [1.82, 2.24) is 14.9 Å². The molecule has 0 bridgehead atoms. The molecule has 1 N–H and O–H groups in total. The van der Waals surface area contributed by atoms with Gasteiger partial charge in [0.15, 0.2) is 5.16 Å². The summed E-state index contributed by atoms with van der Waals surface area (Å²) in [5.41, 5.74) is 0.733. The molecule has 6 heteroatoms. The summed E-state index contributed by atoms with van der Waals surface area (Å²) in [7, 11) is 0. The summed E-state index contributed by atoms with van der Waals surface area (Å²) < 4.78 is 1.89. The minimum Gasteiger partial charge on any atom is -0.353 e. The Kier molecular flexibility index (Phi) is 5.26. The maximum absolute atomic E-state index is 13.3. The van der Waals surface area contributed by atoms with Crippen molar-refractivity contribution in [1.29, 1.82) is 0 Å². The summed E-state index contributed by atoms with van der Waals surface area (Å²) in [6, 6.07) is 8.02. The highest BCUT2D eigenvalue weighted by atomic mass is 32.2. The third kappa shape index (κ3) is 3.91. The molecule has 1 aromatic carbocycles. The Labute approximate surface area is 163 Å². The van der Waals surface area contributed by atoms with E-state index in [0.29, 0.717) is 39.7 Å². The largest absolute Gasteiger partial charge is 0.353 e. The first-order valence-corrected chi connectivity index (χ1v) is 11.0. The number of hydrogen-bond donors (Lipinski definition) is 1. The number of nitrogens with zero attached hydrogens (tertiary/aromatic N) is 2. The number of carbonyl (C=O) groups is 1. The lowest BCUT2D eigenvalue weighted by Gasteiger charge is -2.36. The third-order valence-electron chi connectivity index (χ3n) is 6.05. The number of benzene rings is 1. The maximum atomic E-state index is 13.3. The molecule has 0 spiro atoms. The number of carbonyl (C=O) groups excluding carboxylic acids is 1. The predicted molar refractivity (Wildman–Crippen MR) is 109 cm³/mol. The molecule has 2 aliphatic rings. The van der Waals surface area contributed by atoms with Crippen molar-refractivity contribution in [2.24, 2.45) is 11.8 Å². The third-order valence-corrected chi connectivity index (χ3v) is 7.00. The van der Waals surface area contributed by atoms with Crippen molar-refractivity contribution in [3.05, 3.63) is 34.6 Å². The SMILES string of the molecule is C[C@@H]1[C@H](C)CCC[C@H]1n1c(SCC(=O)NC2CC2)nc2ccccc2c1=O. The van der Waals surface area contributed by atoms with Gasteiger partial charge in [-0.05, 0) is 43.2 Å². The molecular weight excluding hydrogens is 358 g/mol. The van der Waals surface area contributed by atoms with Gasteiger partial charge in [0.05, 0.1) is 16.7 Å². The average molecular weight is 386 g/mol. The molecule has 0 aliphatic heterocycles. The molecule has 5 nitrogen and oxygen atoms in total. The molecule has 2 saturated carbocycles. The highest BCUT2D eigenvalue weighted by molar-refractivity contribution is 7.99. The zero-order valence-electron chi connectivity index (χ0n) is 16.0. The van der Waals surface area contributed by atoms with Gasteiger partial charge in [0.2, 0.25) is 5.91 Å². The molecule has 1 amide bonds. The van der Waals surface area contributed by atoms with Gasteiger partial charge in [-0.15, -0.1) is 0 Å². The van der Waals surface area contributed by atoms with Crippen molar-refractivity contribution >= 4 is 28.6 Å². The molecule has 3 atom stereocenters. The number of rotatable bonds is 5. The molecular formula is C21H27N3O2S. The maximum Gasteiger partial charge on any atom is 0.262 e. The van der Waals surface area contributed by atoms with Crippen LogP contribution in [0, 0.1) is 11.8 Å². The van der Waals surface area contributed by atoms with E-state index in [4.69, 9.17) is 4.98 Å². The van der Waals surface area contributed by atoms with E-state index >= 15 is 0 Å². The average Bonchev–Trinajstić information content (AvgIpc) is 3.47. The van der Waals surface area contributed by atoms with Gasteiger partial charge in [-0.25, -0.2) is 4.98 Å². The van der Waals surface area contributed by atoms with E-state index in [1.54, 1.807) is 0 Å². The summed E-state index contributed by atoms with van der Waals surface area (Å²) in [6.07, 6.45) is 5.48. The standard InChI is InChI=1S/C21H27N3O2S/c1-13-6-5-9-18(14(13)2)24-20(26)16-7-3-4-8-17(16)23-21(24)27-12-19(25)22-15-10-11-15/h3-4,7-8,13-15,18H,5-6,9-12H2,1-2H3,(H,22,25)/t13-,14-,18-/m1/s1. The summed E-state index contributed by atoms with van der Waals surface area (Å²) in [4.78, 5) is 30.3. The molecule has 0 saturated heterocycles. The first-order valence-electron chi connectivity index (χ1n) is 9.98. The van der Waals surface area contributed by atoms with Crippen LogP contribution in [0.2, 0.25) is 0 Å². The van der Waals surface area contributed by atoms with E-state index in [1.165, 1.54) is 18.2 Å². The summed E-state index contributed by atoms with van der Waals surface area (Å²) in [5, 5.41) is 4.35. The first kappa shape index (κ1) is 18.5. The van der Waals surface area contributed by atoms with E-state index in [0.717, 1.165) is 25.7 Å². The van der Waals surface area contributed by atoms with E-state index in [-0.39, 0.29) is 17.5 Å². The van der Waals surface area contributed by atoms with Gasteiger partial charge in [-0.3, -0.25) is 14.2 Å². The van der Waals surface area contributed by atoms with Gasteiger partial charge in [-0.1, -0.05) is 50.6 Å². The molecule has 144 valence electrons. The number of para-hydroxylation sites is 1. The van der Waals surface area contributed by atoms with Crippen molar-refractivity contribution in [2.75, 3.05) is 5.75 Å². The van der Waals surface area contributed by atoms with Crippen LogP contribution >= 0.6 is 11.8 Å². The van der Waals surface area contributed by atoms with Crippen LogP contribution in [0.4, 0.5) is 0 Å². The van der Waals surface area contributed by atoms with Gasteiger partial charge in [0, 0.05) is 12.1 Å². The fourth-order valence-corrected chi connectivity index (χ4v) is 4.93. The van der Waals surface area contributed by atoms with Crippen LogP contribution in [0.3, 0.4) is 0 Å². The first-order chi connectivity index (χ1) is 13.0. The van der Waals surface area contributed by atoms with Crippen molar-refractivity contribution in [2.45, 2.75) is 63.2 Å². The molecule has 2 aromatic rings. The number of amides is 1. The van der Waals surface area contributed by atoms with Gasteiger partial charge in [-0.2, -0.15) is 0 Å². The number of hydrogen-bond acceptors (Lipinski definition) is 4. The molecule has 0 radical (unpaired) electrons. The van der Waals surface area contributed by atoms with Crippen molar-refractivity contribution in [3.63, 3.8) is 0 Å². The quantitative estimate of drug-likeness (QED) is 0.629. The second kappa shape index (κ2) is 7.66. The smallest absolute Gasteiger partial charge is 0.262 e. The van der Waals surface area contributed by atoms with Crippen LogP contribution in [0.25, 0.3) is 10.9 Å². The second-order valence-electron chi connectivity index (χ2n) is 8.05. The molecule has 2 aliphatic carbocycles.